The molecule has 0 heterocycles. The van der Waals surface area contributed by atoms with Crippen LogP contribution in [0.2, 0.25) is 0 Å². The second-order valence-corrected chi connectivity index (χ2v) is 7.92. The first kappa shape index (κ1) is 22.0. The molecule has 4 rings (SSSR count). The maximum atomic E-state index is 13.3. The predicted octanol–water partition coefficient (Wildman–Crippen LogP) is 5.30. The summed E-state index contributed by atoms with van der Waals surface area (Å²) in [5.74, 6) is -1.98. The molecule has 0 aliphatic heterocycles. The van der Waals surface area contributed by atoms with Crippen LogP contribution in [0.25, 0.3) is 11.1 Å². The van der Waals surface area contributed by atoms with Gasteiger partial charge in [0.15, 0.2) is 0 Å². The second-order valence-electron chi connectivity index (χ2n) is 7.92. The van der Waals surface area contributed by atoms with E-state index in [9.17, 15) is 14.7 Å². The van der Waals surface area contributed by atoms with Crippen LogP contribution in [0, 0.1) is 0 Å². The fourth-order valence-electron chi connectivity index (χ4n) is 3.94. The van der Waals surface area contributed by atoms with Gasteiger partial charge in [0.2, 0.25) is 5.91 Å². The molecule has 2 N–H and O–H groups in total. The molecule has 0 bridgehead atoms. The van der Waals surface area contributed by atoms with E-state index in [4.69, 9.17) is 0 Å². The molecule has 0 radical (unpaired) electrons. The fraction of sp³-hybridized carbons (Fsp3) is 0.103. The zero-order valence-electron chi connectivity index (χ0n) is 18.1. The monoisotopic (exact) mass is 435 g/mol. The summed E-state index contributed by atoms with van der Waals surface area (Å²) in [5.41, 5.74) is 4.64. The van der Waals surface area contributed by atoms with E-state index in [1.165, 1.54) is 0 Å². The van der Waals surface area contributed by atoms with E-state index in [0.717, 1.165) is 27.8 Å². The second kappa shape index (κ2) is 10.4. The Labute approximate surface area is 193 Å². The molecule has 0 saturated carbocycles. The van der Waals surface area contributed by atoms with Crippen molar-refractivity contribution in [2.24, 2.45) is 0 Å². The van der Waals surface area contributed by atoms with Gasteiger partial charge >= 0.3 is 5.97 Å². The maximum absolute atomic E-state index is 13.3. The molecular formula is C29H25NO3. The standard InChI is InChI=1S/C29H25NO3/c31-28(27(24-12-6-2-7-13-24)25-14-8-3-9-15-25)30-26(29(32)33)20-21-16-18-23(19-17-21)22-10-4-1-5-11-22/h1-19,26-27H,20H2,(H,30,31)(H,32,33)/t26-/m0/s1. The van der Waals surface area contributed by atoms with E-state index in [1.54, 1.807) is 0 Å². The van der Waals surface area contributed by atoms with Crippen molar-refractivity contribution < 1.29 is 14.7 Å². The number of amides is 1. The van der Waals surface area contributed by atoms with Gasteiger partial charge in [0, 0.05) is 6.42 Å². The van der Waals surface area contributed by atoms with Gasteiger partial charge in [0.05, 0.1) is 5.92 Å². The van der Waals surface area contributed by atoms with E-state index >= 15 is 0 Å². The van der Waals surface area contributed by atoms with E-state index in [0.29, 0.717) is 0 Å². The highest BCUT2D eigenvalue weighted by atomic mass is 16.4. The number of hydrogen-bond donors (Lipinski definition) is 2. The molecule has 0 aliphatic carbocycles. The minimum Gasteiger partial charge on any atom is -0.480 e. The zero-order valence-corrected chi connectivity index (χ0v) is 18.1. The number of carboxylic acids is 1. The van der Waals surface area contributed by atoms with Gasteiger partial charge in [-0.25, -0.2) is 4.79 Å². The first-order valence-electron chi connectivity index (χ1n) is 10.9. The van der Waals surface area contributed by atoms with Crippen LogP contribution in [-0.4, -0.2) is 23.0 Å². The van der Waals surface area contributed by atoms with Crippen molar-refractivity contribution >= 4 is 11.9 Å². The van der Waals surface area contributed by atoms with Crippen molar-refractivity contribution in [2.75, 3.05) is 0 Å². The van der Waals surface area contributed by atoms with Crippen LogP contribution in [0.1, 0.15) is 22.6 Å². The molecule has 0 aromatic heterocycles. The van der Waals surface area contributed by atoms with Crippen LogP contribution < -0.4 is 5.32 Å². The Balaban J connectivity index is 1.53. The number of benzene rings is 4. The van der Waals surface area contributed by atoms with Crippen molar-refractivity contribution in [3.63, 3.8) is 0 Å². The molecular weight excluding hydrogens is 410 g/mol. The lowest BCUT2D eigenvalue weighted by atomic mass is 9.90. The SMILES string of the molecule is O=C(N[C@@H](Cc1ccc(-c2ccccc2)cc1)C(=O)O)C(c1ccccc1)c1ccccc1. The van der Waals surface area contributed by atoms with E-state index in [2.05, 4.69) is 5.32 Å². The Bertz CT molecular complexity index is 1150. The quantitative estimate of drug-likeness (QED) is 0.395. The Hall–Kier alpha value is -4.18. The highest BCUT2D eigenvalue weighted by molar-refractivity contribution is 5.90. The predicted molar refractivity (Wildman–Crippen MR) is 130 cm³/mol. The third-order valence-corrected chi connectivity index (χ3v) is 5.64. The summed E-state index contributed by atoms with van der Waals surface area (Å²) in [7, 11) is 0. The molecule has 1 atom stereocenters. The number of hydrogen-bond acceptors (Lipinski definition) is 2. The van der Waals surface area contributed by atoms with Crippen LogP contribution in [0.5, 0.6) is 0 Å². The van der Waals surface area contributed by atoms with Crippen molar-refractivity contribution in [1.82, 2.24) is 5.32 Å². The van der Waals surface area contributed by atoms with E-state index in [1.807, 2.05) is 115 Å². The summed E-state index contributed by atoms with van der Waals surface area (Å²) in [5, 5.41) is 12.6. The zero-order chi connectivity index (χ0) is 23.0. The van der Waals surface area contributed by atoms with E-state index < -0.39 is 17.9 Å². The fourth-order valence-corrected chi connectivity index (χ4v) is 3.94. The normalized spacial score (nSPS) is 11.7. The van der Waals surface area contributed by atoms with Crippen LogP contribution in [-0.2, 0) is 16.0 Å². The molecule has 0 spiro atoms. The van der Waals surface area contributed by atoms with Crippen LogP contribution in [0.15, 0.2) is 115 Å². The van der Waals surface area contributed by atoms with Gasteiger partial charge in [0.1, 0.15) is 6.04 Å². The van der Waals surface area contributed by atoms with Gasteiger partial charge < -0.3 is 10.4 Å². The maximum Gasteiger partial charge on any atom is 0.326 e. The summed E-state index contributed by atoms with van der Waals surface area (Å²) >= 11 is 0. The van der Waals surface area contributed by atoms with Crippen molar-refractivity contribution in [1.29, 1.82) is 0 Å². The van der Waals surface area contributed by atoms with Gasteiger partial charge in [-0.15, -0.1) is 0 Å². The van der Waals surface area contributed by atoms with Gasteiger partial charge in [0.25, 0.3) is 0 Å². The highest BCUT2D eigenvalue weighted by Gasteiger charge is 2.27. The first-order chi connectivity index (χ1) is 16.1. The lowest BCUT2D eigenvalue weighted by Gasteiger charge is -2.21. The van der Waals surface area contributed by atoms with Gasteiger partial charge in [-0.3, -0.25) is 4.79 Å². The lowest BCUT2D eigenvalue weighted by Crippen LogP contribution is -2.44. The summed E-state index contributed by atoms with van der Waals surface area (Å²) in [4.78, 5) is 25.3. The number of carbonyl (C=O) groups excluding carboxylic acids is 1. The molecule has 4 nitrogen and oxygen atoms in total. The molecule has 4 aromatic rings. The van der Waals surface area contributed by atoms with Crippen molar-refractivity contribution in [3.8, 4) is 11.1 Å². The average Bonchev–Trinajstić information content (AvgIpc) is 2.86. The minimum absolute atomic E-state index is 0.201. The van der Waals surface area contributed by atoms with Crippen LogP contribution >= 0.6 is 0 Å². The molecule has 0 unspecified atom stereocenters. The lowest BCUT2D eigenvalue weighted by molar-refractivity contribution is -0.141. The van der Waals surface area contributed by atoms with Crippen molar-refractivity contribution in [2.45, 2.75) is 18.4 Å². The molecule has 0 saturated heterocycles. The third-order valence-electron chi connectivity index (χ3n) is 5.64. The molecule has 33 heavy (non-hydrogen) atoms. The third kappa shape index (κ3) is 5.55. The number of carboxylic acid groups (broad SMARTS) is 1. The summed E-state index contributed by atoms with van der Waals surface area (Å²) in [6, 6.07) is 35.6. The number of nitrogens with one attached hydrogen (secondary N) is 1. The minimum atomic E-state index is -1.06. The van der Waals surface area contributed by atoms with Gasteiger partial charge in [-0.05, 0) is 27.8 Å². The number of aliphatic carboxylic acids is 1. The molecule has 4 aromatic carbocycles. The Morgan fingerprint density at radius 2 is 1.09 bits per heavy atom. The van der Waals surface area contributed by atoms with E-state index in [-0.39, 0.29) is 12.3 Å². The van der Waals surface area contributed by atoms with Crippen molar-refractivity contribution in [3.05, 3.63) is 132 Å². The smallest absolute Gasteiger partial charge is 0.326 e. The number of carbonyl (C=O) groups is 2. The van der Waals surface area contributed by atoms with Gasteiger partial charge in [-0.1, -0.05) is 115 Å². The first-order valence-corrected chi connectivity index (χ1v) is 10.9. The molecule has 4 heteroatoms. The van der Waals surface area contributed by atoms with Crippen LogP contribution in [0.3, 0.4) is 0 Å². The largest absolute Gasteiger partial charge is 0.480 e. The molecule has 1 amide bonds. The Morgan fingerprint density at radius 3 is 1.58 bits per heavy atom. The van der Waals surface area contributed by atoms with Crippen LogP contribution in [0.4, 0.5) is 0 Å². The summed E-state index contributed by atoms with van der Waals surface area (Å²) in [6.07, 6.45) is 0.201. The summed E-state index contributed by atoms with van der Waals surface area (Å²) in [6.45, 7) is 0. The average molecular weight is 436 g/mol. The molecule has 0 aliphatic rings. The topological polar surface area (TPSA) is 66.4 Å². The summed E-state index contributed by atoms with van der Waals surface area (Å²) < 4.78 is 0. The Morgan fingerprint density at radius 1 is 0.636 bits per heavy atom. The van der Waals surface area contributed by atoms with Gasteiger partial charge in [-0.2, -0.15) is 0 Å². The highest BCUT2D eigenvalue weighted by Crippen LogP contribution is 2.25. The molecule has 164 valence electrons. The Kier molecular flexibility index (Phi) is 6.96. The number of rotatable bonds is 8. The molecule has 0 fully saturated rings.